The Morgan fingerprint density at radius 3 is 2.65 bits per heavy atom. The molecule has 6 heteroatoms. The molecular weight excluding hydrogens is 242 g/mol. The van der Waals surface area contributed by atoms with Gasteiger partial charge in [0.2, 0.25) is 10.0 Å². The van der Waals surface area contributed by atoms with Crippen molar-refractivity contribution < 1.29 is 18.3 Å². The monoisotopic (exact) mass is 263 g/mol. The van der Waals surface area contributed by atoms with E-state index in [4.69, 9.17) is 4.74 Å². The maximum Gasteiger partial charge on any atom is 0.214 e. The molecule has 2 rings (SSSR count). The van der Waals surface area contributed by atoms with E-state index >= 15 is 0 Å². The van der Waals surface area contributed by atoms with Crippen molar-refractivity contribution in [3.8, 4) is 0 Å². The highest BCUT2D eigenvalue weighted by Gasteiger charge is 2.48. The number of aliphatic hydroxyl groups is 1. The highest BCUT2D eigenvalue weighted by molar-refractivity contribution is 7.89. The number of sulfonamides is 1. The molecule has 17 heavy (non-hydrogen) atoms. The van der Waals surface area contributed by atoms with Crippen LogP contribution in [0.25, 0.3) is 0 Å². The lowest BCUT2D eigenvalue weighted by Gasteiger charge is -2.49. The summed E-state index contributed by atoms with van der Waals surface area (Å²) < 4.78 is 31.8. The van der Waals surface area contributed by atoms with Gasteiger partial charge >= 0.3 is 0 Å². The smallest absolute Gasteiger partial charge is 0.214 e. The van der Waals surface area contributed by atoms with Crippen LogP contribution < -0.4 is 4.72 Å². The molecule has 2 N–H and O–H groups in total. The van der Waals surface area contributed by atoms with Crippen LogP contribution in [0.1, 0.15) is 33.1 Å². The average Bonchev–Trinajstić information content (AvgIpc) is 2.69. The van der Waals surface area contributed by atoms with E-state index in [2.05, 4.69) is 4.72 Å². The number of hydrogen-bond donors (Lipinski definition) is 2. The van der Waals surface area contributed by atoms with Gasteiger partial charge in [-0.2, -0.15) is 0 Å². The predicted octanol–water partition coefficient (Wildman–Crippen LogP) is 0.244. The minimum atomic E-state index is -3.31. The normalized spacial score (nSPS) is 36.8. The van der Waals surface area contributed by atoms with Crippen LogP contribution in [0.4, 0.5) is 0 Å². The third kappa shape index (κ3) is 2.81. The Bertz CT molecular complexity index is 373. The zero-order valence-electron chi connectivity index (χ0n) is 10.3. The lowest BCUT2D eigenvalue weighted by Crippen LogP contribution is -2.61. The molecule has 0 aromatic carbocycles. The van der Waals surface area contributed by atoms with Gasteiger partial charge in [0.25, 0.3) is 0 Å². The van der Waals surface area contributed by atoms with Gasteiger partial charge in [0.15, 0.2) is 0 Å². The van der Waals surface area contributed by atoms with Crippen molar-refractivity contribution in [1.82, 2.24) is 4.72 Å². The van der Waals surface area contributed by atoms with Crippen LogP contribution in [0.15, 0.2) is 0 Å². The highest BCUT2D eigenvalue weighted by Crippen LogP contribution is 2.40. The first-order valence-electron chi connectivity index (χ1n) is 6.11. The summed E-state index contributed by atoms with van der Waals surface area (Å²) >= 11 is 0. The second-order valence-electron chi connectivity index (χ2n) is 5.66. The van der Waals surface area contributed by atoms with Crippen molar-refractivity contribution in [2.75, 3.05) is 12.4 Å². The molecule has 3 unspecified atom stereocenters. The Labute approximate surface area is 103 Å². The van der Waals surface area contributed by atoms with E-state index in [1.165, 1.54) is 0 Å². The first-order chi connectivity index (χ1) is 7.81. The Hall–Kier alpha value is -0.170. The molecule has 1 saturated heterocycles. The van der Waals surface area contributed by atoms with Crippen molar-refractivity contribution >= 4 is 10.0 Å². The second kappa shape index (κ2) is 4.50. The van der Waals surface area contributed by atoms with E-state index in [1.807, 2.05) is 13.8 Å². The highest BCUT2D eigenvalue weighted by atomic mass is 32.2. The van der Waals surface area contributed by atoms with E-state index < -0.39 is 16.1 Å². The van der Waals surface area contributed by atoms with Gasteiger partial charge in [-0.05, 0) is 19.3 Å². The van der Waals surface area contributed by atoms with Gasteiger partial charge in [-0.1, -0.05) is 13.8 Å². The SMILES string of the molecule is CC1(C)C(O)CC1NS(=O)(=O)CC1CCCO1. The Morgan fingerprint density at radius 1 is 1.47 bits per heavy atom. The summed E-state index contributed by atoms with van der Waals surface area (Å²) in [4.78, 5) is 0. The van der Waals surface area contributed by atoms with Crippen LogP contribution in [-0.4, -0.2) is 44.1 Å². The van der Waals surface area contributed by atoms with E-state index in [-0.39, 0.29) is 23.3 Å². The minimum absolute atomic E-state index is 0.0374. The summed E-state index contributed by atoms with van der Waals surface area (Å²) in [7, 11) is -3.31. The second-order valence-corrected chi connectivity index (χ2v) is 7.46. The van der Waals surface area contributed by atoms with E-state index in [9.17, 15) is 13.5 Å². The minimum Gasteiger partial charge on any atom is -0.392 e. The molecule has 2 aliphatic rings. The Kier molecular flexibility index (Phi) is 3.51. The third-order valence-corrected chi connectivity index (χ3v) is 5.42. The zero-order chi connectivity index (χ0) is 12.7. The van der Waals surface area contributed by atoms with Crippen LogP contribution in [0.2, 0.25) is 0 Å². The molecule has 0 amide bonds. The van der Waals surface area contributed by atoms with Crippen molar-refractivity contribution in [3.05, 3.63) is 0 Å². The van der Waals surface area contributed by atoms with Gasteiger partial charge < -0.3 is 9.84 Å². The summed E-state index contributed by atoms with van der Waals surface area (Å²) in [5.74, 6) is 0.0374. The fraction of sp³-hybridized carbons (Fsp3) is 1.00. The zero-order valence-corrected chi connectivity index (χ0v) is 11.2. The summed E-state index contributed by atoms with van der Waals surface area (Å²) in [5.41, 5.74) is -0.371. The molecule has 0 radical (unpaired) electrons. The molecule has 5 nitrogen and oxygen atoms in total. The number of rotatable bonds is 4. The maximum absolute atomic E-state index is 11.9. The number of ether oxygens (including phenoxy) is 1. The lowest BCUT2D eigenvalue weighted by molar-refractivity contribution is -0.0645. The van der Waals surface area contributed by atoms with Crippen LogP contribution in [0, 0.1) is 5.41 Å². The molecule has 3 atom stereocenters. The summed E-state index contributed by atoms with van der Waals surface area (Å²) in [6.07, 6.45) is 1.67. The Balaban J connectivity index is 1.89. The fourth-order valence-corrected chi connectivity index (χ4v) is 4.07. The molecule has 1 aliphatic heterocycles. The van der Waals surface area contributed by atoms with E-state index in [0.717, 1.165) is 12.8 Å². The van der Waals surface area contributed by atoms with Crippen LogP contribution in [0.3, 0.4) is 0 Å². The molecule has 1 aliphatic carbocycles. The van der Waals surface area contributed by atoms with E-state index in [1.54, 1.807) is 0 Å². The van der Waals surface area contributed by atoms with Crippen LogP contribution >= 0.6 is 0 Å². The fourth-order valence-electron chi connectivity index (χ4n) is 2.39. The van der Waals surface area contributed by atoms with Gasteiger partial charge in [-0.25, -0.2) is 13.1 Å². The van der Waals surface area contributed by atoms with Gasteiger partial charge in [0, 0.05) is 18.1 Å². The molecule has 0 aromatic rings. The quantitative estimate of drug-likeness (QED) is 0.762. The van der Waals surface area contributed by atoms with Gasteiger partial charge in [-0.15, -0.1) is 0 Å². The molecule has 1 heterocycles. The van der Waals surface area contributed by atoms with E-state index in [0.29, 0.717) is 13.0 Å². The summed E-state index contributed by atoms with van der Waals surface area (Å²) in [6.45, 7) is 4.41. The van der Waals surface area contributed by atoms with Crippen molar-refractivity contribution in [3.63, 3.8) is 0 Å². The number of hydrogen-bond acceptors (Lipinski definition) is 4. The van der Waals surface area contributed by atoms with Crippen LogP contribution in [-0.2, 0) is 14.8 Å². The number of nitrogens with one attached hydrogen (secondary N) is 1. The van der Waals surface area contributed by atoms with Crippen molar-refractivity contribution in [2.45, 2.75) is 51.4 Å². The van der Waals surface area contributed by atoms with Gasteiger partial charge in [-0.3, -0.25) is 0 Å². The van der Waals surface area contributed by atoms with Crippen molar-refractivity contribution in [2.24, 2.45) is 5.41 Å². The van der Waals surface area contributed by atoms with Gasteiger partial charge in [0.1, 0.15) is 0 Å². The predicted molar refractivity (Wildman–Crippen MR) is 64.1 cm³/mol. The summed E-state index contributed by atoms with van der Waals surface area (Å²) in [5, 5.41) is 9.57. The molecule has 2 fully saturated rings. The first kappa shape index (κ1) is 13.3. The molecule has 0 aromatic heterocycles. The maximum atomic E-state index is 11.9. The average molecular weight is 263 g/mol. The van der Waals surface area contributed by atoms with Gasteiger partial charge in [0.05, 0.1) is 18.0 Å². The molecule has 0 spiro atoms. The van der Waals surface area contributed by atoms with Crippen LogP contribution in [0.5, 0.6) is 0 Å². The topological polar surface area (TPSA) is 75.6 Å². The molecule has 1 saturated carbocycles. The standard InChI is InChI=1S/C11H21NO4S/c1-11(2)9(6-10(11)13)12-17(14,15)7-8-4-3-5-16-8/h8-10,12-13H,3-7H2,1-2H3. The first-order valence-corrected chi connectivity index (χ1v) is 7.76. The third-order valence-electron chi connectivity index (χ3n) is 3.97. The molecular formula is C11H21NO4S. The lowest BCUT2D eigenvalue weighted by atomic mass is 9.65. The largest absolute Gasteiger partial charge is 0.392 e. The molecule has 100 valence electrons. The van der Waals surface area contributed by atoms with Crippen molar-refractivity contribution in [1.29, 1.82) is 0 Å². The number of aliphatic hydroxyl groups excluding tert-OH is 1. The summed E-state index contributed by atoms with van der Waals surface area (Å²) in [6, 6.07) is -0.163. The molecule has 0 bridgehead atoms. The Morgan fingerprint density at radius 2 is 2.18 bits per heavy atom.